The first-order chi connectivity index (χ1) is 18.3. The molecule has 1 aromatic heterocycles. The first-order valence-electron chi connectivity index (χ1n) is 13.8. The van der Waals surface area contributed by atoms with E-state index in [1.54, 1.807) is 11.9 Å². The Balaban J connectivity index is 1.58. The molecule has 1 aromatic carbocycles. The van der Waals surface area contributed by atoms with Gasteiger partial charge >= 0.3 is 0 Å². The molecule has 38 heavy (non-hydrogen) atoms. The molecular formula is C30H40F2N4O2. The summed E-state index contributed by atoms with van der Waals surface area (Å²) < 4.78 is 25.8. The number of hydrogen-bond acceptors (Lipinski definition) is 4. The molecule has 0 radical (unpaired) electrons. The third-order valence-electron chi connectivity index (χ3n) is 8.06. The minimum absolute atomic E-state index is 0.151. The maximum Gasteiger partial charge on any atom is 0.253 e. The highest BCUT2D eigenvalue weighted by Crippen LogP contribution is 2.33. The van der Waals surface area contributed by atoms with E-state index in [4.69, 9.17) is 0 Å². The molecule has 2 aromatic rings. The van der Waals surface area contributed by atoms with E-state index in [1.807, 2.05) is 25.1 Å². The van der Waals surface area contributed by atoms with Gasteiger partial charge < -0.3 is 15.2 Å². The fourth-order valence-electron chi connectivity index (χ4n) is 6.10. The van der Waals surface area contributed by atoms with Crippen molar-refractivity contribution in [2.24, 2.45) is 0 Å². The van der Waals surface area contributed by atoms with Crippen molar-refractivity contribution in [3.63, 3.8) is 0 Å². The molecule has 0 atom stereocenters. The van der Waals surface area contributed by atoms with Crippen LogP contribution in [0.15, 0.2) is 41.2 Å². The summed E-state index contributed by atoms with van der Waals surface area (Å²) in [7, 11) is 1.80. The van der Waals surface area contributed by atoms with Gasteiger partial charge in [0.25, 0.3) is 17.9 Å². The maximum atomic E-state index is 13.4. The summed E-state index contributed by atoms with van der Waals surface area (Å²) in [6.45, 7) is 4.80. The highest BCUT2D eigenvalue weighted by molar-refractivity contribution is 5.97. The zero-order chi connectivity index (χ0) is 27.2. The summed E-state index contributed by atoms with van der Waals surface area (Å²) in [6.07, 6.45) is 7.77. The van der Waals surface area contributed by atoms with E-state index in [0.29, 0.717) is 23.6 Å². The van der Waals surface area contributed by atoms with Crippen molar-refractivity contribution in [1.29, 1.82) is 0 Å². The van der Waals surface area contributed by atoms with Crippen LogP contribution in [-0.4, -0.2) is 54.4 Å². The highest BCUT2D eigenvalue weighted by atomic mass is 19.3. The molecule has 1 aliphatic carbocycles. The molecule has 2 aliphatic rings. The predicted octanol–water partition coefficient (Wildman–Crippen LogP) is 4.99. The van der Waals surface area contributed by atoms with Gasteiger partial charge in [0.2, 0.25) is 0 Å². The number of aromatic nitrogens is 1. The first-order valence-corrected chi connectivity index (χ1v) is 13.8. The average Bonchev–Trinajstić information content (AvgIpc) is 2.88. The van der Waals surface area contributed by atoms with Gasteiger partial charge in [0, 0.05) is 47.7 Å². The number of allylic oxidation sites excluding steroid dienone is 2. The van der Waals surface area contributed by atoms with Crippen LogP contribution in [-0.2, 0) is 19.4 Å². The second-order valence-electron chi connectivity index (χ2n) is 10.6. The second kappa shape index (κ2) is 12.7. The number of carbonyl (C=O) groups excluding carboxylic acids is 1. The van der Waals surface area contributed by atoms with Crippen LogP contribution in [0.3, 0.4) is 0 Å². The number of H-pyrrole nitrogens is 1. The van der Waals surface area contributed by atoms with Crippen LogP contribution in [0.1, 0.15) is 71.8 Å². The summed E-state index contributed by atoms with van der Waals surface area (Å²) in [4.78, 5) is 33.1. The van der Waals surface area contributed by atoms with E-state index in [9.17, 15) is 18.4 Å². The van der Waals surface area contributed by atoms with Gasteiger partial charge in [0.1, 0.15) is 0 Å². The minimum atomic E-state index is -2.31. The van der Waals surface area contributed by atoms with E-state index < -0.39 is 6.43 Å². The Morgan fingerprint density at radius 3 is 2.50 bits per heavy atom. The smallest absolute Gasteiger partial charge is 0.253 e. The zero-order valence-corrected chi connectivity index (χ0v) is 22.7. The molecule has 1 aliphatic heterocycles. The van der Waals surface area contributed by atoms with Crippen LogP contribution >= 0.6 is 0 Å². The fourth-order valence-corrected chi connectivity index (χ4v) is 6.10. The molecule has 206 valence electrons. The van der Waals surface area contributed by atoms with Gasteiger partial charge in [-0.2, -0.15) is 0 Å². The number of hydrogen-bond donors (Lipinski definition) is 2. The van der Waals surface area contributed by atoms with Gasteiger partial charge in [-0.25, -0.2) is 8.78 Å². The summed E-state index contributed by atoms with van der Waals surface area (Å²) in [6, 6.07) is 8.35. The minimum Gasteiger partial charge on any atom is -0.369 e. The number of carbonyl (C=O) groups is 1. The van der Waals surface area contributed by atoms with E-state index in [0.717, 1.165) is 67.6 Å². The Hall–Kier alpha value is -3.00. The van der Waals surface area contributed by atoms with Crippen molar-refractivity contribution < 1.29 is 13.6 Å². The van der Waals surface area contributed by atoms with Crippen LogP contribution < -0.4 is 15.8 Å². The molecule has 2 heterocycles. The molecule has 4 rings (SSSR count). The number of rotatable bonds is 6. The van der Waals surface area contributed by atoms with E-state index in [2.05, 4.69) is 40.3 Å². The van der Waals surface area contributed by atoms with E-state index in [-0.39, 0.29) is 30.6 Å². The number of benzene rings is 1. The summed E-state index contributed by atoms with van der Waals surface area (Å²) >= 11 is 0. The number of amides is 1. The Morgan fingerprint density at radius 2 is 1.79 bits per heavy atom. The third kappa shape index (κ3) is 6.52. The van der Waals surface area contributed by atoms with Crippen LogP contribution in [0.2, 0.25) is 0 Å². The molecule has 1 amide bonds. The largest absolute Gasteiger partial charge is 0.369 e. The number of anilines is 1. The zero-order valence-electron chi connectivity index (χ0n) is 22.7. The molecule has 2 N–H and O–H groups in total. The molecule has 0 unspecified atom stereocenters. The van der Waals surface area contributed by atoms with Crippen molar-refractivity contribution in [2.75, 3.05) is 25.0 Å². The summed E-state index contributed by atoms with van der Waals surface area (Å²) in [5.41, 5.74) is 4.92. The average molecular weight is 527 g/mol. The van der Waals surface area contributed by atoms with E-state index in [1.165, 1.54) is 0 Å². The topological polar surface area (TPSA) is 68.4 Å². The quantitative estimate of drug-likeness (QED) is 0.521. The van der Waals surface area contributed by atoms with Gasteiger partial charge in [0.15, 0.2) is 0 Å². The van der Waals surface area contributed by atoms with Crippen molar-refractivity contribution in [3.8, 4) is 0 Å². The van der Waals surface area contributed by atoms with Gasteiger partial charge in [0.05, 0.1) is 6.54 Å². The lowest BCUT2D eigenvalue weighted by molar-refractivity contribution is 0.0688. The molecule has 0 saturated heterocycles. The molecule has 1 fully saturated rings. The van der Waals surface area contributed by atoms with Crippen molar-refractivity contribution in [2.45, 2.75) is 83.8 Å². The first kappa shape index (κ1) is 28.0. The van der Waals surface area contributed by atoms with Crippen LogP contribution in [0.5, 0.6) is 0 Å². The Kier molecular flexibility index (Phi) is 9.36. The number of fused-ring (bicyclic) bond motifs is 2. The fraction of sp³-hybridized carbons (Fsp3) is 0.533. The Morgan fingerprint density at radius 1 is 1.05 bits per heavy atom. The molecule has 6 nitrogen and oxygen atoms in total. The second-order valence-corrected chi connectivity index (χ2v) is 10.6. The van der Waals surface area contributed by atoms with Gasteiger partial charge in [-0.15, -0.1) is 0 Å². The molecule has 0 spiro atoms. The number of aromatic amines is 1. The highest BCUT2D eigenvalue weighted by Gasteiger charge is 2.30. The third-order valence-corrected chi connectivity index (χ3v) is 8.06. The number of halogens is 2. The lowest BCUT2D eigenvalue weighted by Gasteiger charge is -2.41. The standard InChI is InChI=1S/C30H40F2N4O2/c1-4-36(23-15-13-22(14-16-23)35(3)19-28(31)32)27-12-8-11-25-24(27)10-7-5-6-9-21-17-20(2)34-30(38)26(21)18-33-29(25)37/h5,7-8,11-12,17,22-23,28H,4,6,9-10,13-16,18-19H2,1-3H3,(H,33,37)(H,34,38)/b7-5-. The van der Waals surface area contributed by atoms with Crippen LogP contribution in [0.4, 0.5) is 14.5 Å². The van der Waals surface area contributed by atoms with Crippen molar-refractivity contribution in [3.05, 3.63) is 74.7 Å². The molecular weight excluding hydrogens is 486 g/mol. The maximum absolute atomic E-state index is 13.4. The predicted molar refractivity (Wildman–Crippen MR) is 148 cm³/mol. The summed E-state index contributed by atoms with van der Waals surface area (Å²) in [5.74, 6) is -0.185. The molecule has 8 heteroatoms. The van der Waals surface area contributed by atoms with Crippen molar-refractivity contribution >= 4 is 11.6 Å². The number of aryl methyl sites for hydroxylation is 2. The van der Waals surface area contributed by atoms with E-state index >= 15 is 0 Å². The normalized spacial score (nSPS) is 21.2. The number of pyridine rings is 1. The van der Waals surface area contributed by atoms with Gasteiger partial charge in [-0.1, -0.05) is 18.2 Å². The summed E-state index contributed by atoms with van der Waals surface area (Å²) in [5, 5.41) is 3.00. The van der Waals surface area contributed by atoms with Crippen LogP contribution in [0.25, 0.3) is 0 Å². The Bertz CT molecular complexity index is 1200. The van der Waals surface area contributed by atoms with Gasteiger partial charge in [-0.05, 0) is 95.2 Å². The molecule has 0 bridgehead atoms. The lowest BCUT2D eigenvalue weighted by atomic mass is 9.88. The number of nitrogens with one attached hydrogen (secondary N) is 2. The van der Waals surface area contributed by atoms with Gasteiger partial charge in [-0.3, -0.25) is 14.5 Å². The van der Waals surface area contributed by atoms with Crippen LogP contribution in [0, 0.1) is 6.92 Å². The van der Waals surface area contributed by atoms with Crippen molar-refractivity contribution in [1.82, 2.24) is 15.2 Å². The SMILES string of the molecule is CCN(c1cccc2c1C/C=C\CCc1cc(C)[nH]c(=O)c1CNC2=O)C1CCC(N(C)CC(F)F)CC1. The molecule has 1 saturated carbocycles. The number of alkyl halides is 2. The number of nitrogens with zero attached hydrogens (tertiary/aromatic N) is 2. The Labute approximate surface area is 224 Å². The monoisotopic (exact) mass is 526 g/mol. The lowest BCUT2D eigenvalue weighted by Crippen LogP contribution is -2.44.